The van der Waals surface area contributed by atoms with Crippen LogP contribution in [0.4, 0.5) is 5.13 Å². The number of aryl methyl sites for hydroxylation is 1. The second kappa shape index (κ2) is 10.3. The lowest BCUT2D eigenvalue weighted by Crippen LogP contribution is -2.13. The fraction of sp³-hybridized carbons (Fsp3) is 0.200. The molecule has 160 valence electrons. The maximum atomic E-state index is 12.2. The molecule has 1 amide bonds. The zero-order chi connectivity index (χ0) is 21.6. The number of hydrogen-bond donors (Lipinski definition) is 1. The van der Waals surface area contributed by atoms with Gasteiger partial charge in [-0.1, -0.05) is 58.4 Å². The lowest BCUT2D eigenvalue weighted by atomic mass is 10.3. The van der Waals surface area contributed by atoms with Gasteiger partial charge in [-0.05, 0) is 36.8 Å². The minimum absolute atomic E-state index is 0.149. The summed E-state index contributed by atoms with van der Waals surface area (Å²) in [7, 11) is 0. The van der Waals surface area contributed by atoms with E-state index in [1.807, 2.05) is 24.3 Å². The van der Waals surface area contributed by atoms with Gasteiger partial charge < -0.3 is 14.5 Å². The first-order valence-electron chi connectivity index (χ1n) is 9.25. The molecule has 0 aliphatic rings. The Hall–Kier alpha value is -2.33. The van der Waals surface area contributed by atoms with Crippen LogP contribution in [-0.2, 0) is 11.2 Å². The van der Waals surface area contributed by atoms with Gasteiger partial charge in [-0.15, -0.1) is 10.2 Å². The van der Waals surface area contributed by atoms with E-state index in [1.54, 1.807) is 18.2 Å². The maximum Gasteiger partial charge on any atom is 0.277 e. The third-order valence-corrected chi connectivity index (χ3v) is 6.30. The van der Waals surface area contributed by atoms with Crippen LogP contribution in [0.15, 0.2) is 52.1 Å². The Kier molecular flexibility index (Phi) is 7.29. The van der Waals surface area contributed by atoms with Crippen LogP contribution in [0.3, 0.4) is 0 Å². The molecular weight excluding hydrogens is 479 g/mol. The molecule has 2 aromatic carbocycles. The number of ether oxygens (including phenoxy) is 1. The Morgan fingerprint density at radius 3 is 2.90 bits per heavy atom. The summed E-state index contributed by atoms with van der Waals surface area (Å²) < 4.78 is 12.2. The molecule has 0 aliphatic heterocycles. The zero-order valence-corrected chi connectivity index (χ0v) is 19.2. The number of thioether (sulfide) groups is 1. The van der Waals surface area contributed by atoms with Gasteiger partial charge in [0.05, 0.1) is 27.6 Å². The number of hydrogen-bond acceptors (Lipinski definition) is 8. The molecule has 31 heavy (non-hydrogen) atoms. The Balaban J connectivity index is 1.19. The molecule has 4 aromatic rings. The van der Waals surface area contributed by atoms with Crippen molar-refractivity contribution in [2.45, 2.75) is 18.1 Å². The quantitative estimate of drug-likeness (QED) is 0.234. The van der Waals surface area contributed by atoms with E-state index in [0.717, 1.165) is 10.2 Å². The van der Waals surface area contributed by atoms with Crippen LogP contribution >= 0.6 is 46.3 Å². The lowest BCUT2D eigenvalue weighted by Gasteiger charge is -2.07. The van der Waals surface area contributed by atoms with E-state index < -0.39 is 0 Å². The van der Waals surface area contributed by atoms with Crippen LogP contribution in [0, 0.1) is 0 Å². The van der Waals surface area contributed by atoms with Crippen LogP contribution in [-0.4, -0.2) is 33.4 Å². The summed E-state index contributed by atoms with van der Waals surface area (Å²) in [6, 6.07) is 12.8. The zero-order valence-electron chi connectivity index (χ0n) is 16.0. The second-order valence-corrected chi connectivity index (χ2v) is 9.11. The van der Waals surface area contributed by atoms with E-state index in [9.17, 15) is 4.79 Å². The fourth-order valence-corrected chi connectivity index (χ4v) is 4.53. The molecule has 1 N–H and O–H groups in total. The highest BCUT2D eigenvalue weighted by atomic mass is 35.5. The van der Waals surface area contributed by atoms with Crippen molar-refractivity contribution in [2.75, 3.05) is 17.7 Å². The molecule has 2 aromatic heterocycles. The molecule has 0 saturated heterocycles. The number of nitrogens with zero attached hydrogens (tertiary/aromatic N) is 3. The van der Waals surface area contributed by atoms with Crippen molar-refractivity contribution in [1.29, 1.82) is 0 Å². The van der Waals surface area contributed by atoms with Crippen molar-refractivity contribution in [3.8, 4) is 5.75 Å². The van der Waals surface area contributed by atoms with Gasteiger partial charge in [0.2, 0.25) is 11.8 Å². The van der Waals surface area contributed by atoms with E-state index >= 15 is 0 Å². The van der Waals surface area contributed by atoms with E-state index in [-0.39, 0.29) is 11.7 Å². The molecule has 0 spiro atoms. The minimum Gasteiger partial charge on any atom is -0.492 e. The Bertz CT molecular complexity index is 1170. The number of halogens is 2. The van der Waals surface area contributed by atoms with Crippen LogP contribution in [0.1, 0.15) is 12.3 Å². The molecule has 0 atom stereocenters. The maximum absolute atomic E-state index is 12.2. The molecule has 11 heteroatoms. The van der Waals surface area contributed by atoms with Gasteiger partial charge >= 0.3 is 0 Å². The number of aromatic nitrogens is 3. The third-order valence-electron chi connectivity index (χ3n) is 4.00. The smallest absolute Gasteiger partial charge is 0.277 e. The molecule has 7 nitrogen and oxygen atoms in total. The summed E-state index contributed by atoms with van der Waals surface area (Å²) in [4.78, 5) is 16.6. The number of amides is 1. The predicted octanol–water partition coefficient (Wildman–Crippen LogP) is 5.73. The SMILES string of the molecule is O=C(CSc1nnc(CCCOc2ccc(Cl)cc2Cl)o1)Nc1nc2ccccc2s1. The van der Waals surface area contributed by atoms with Crippen LogP contribution < -0.4 is 10.1 Å². The van der Waals surface area contributed by atoms with E-state index in [1.165, 1.54) is 23.1 Å². The lowest BCUT2D eigenvalue weighted by molar-refractivity contribution is -0.113. The monoisotopic (exact) mass is 494 g/mol. The summed E-state index contributed by atoms with van der Waals surface area (Å²) in [5.41, 5.74) is 0.860. The highest BCUT2D eigenvalue weighted by Crippen LogP contribution is 2.28. The average molecular weight is 495 g/mol. The molecule has 0 saturated carbocycles. The van der Waals surface area contributed by atoms with Crippen LogP contribution in [0.25, 0.3) is 10.2 Å². The Morgan fingerprint density at radius 2 is 2.06 bits per heavy atom. The second-order valence-electron chi connectivity index (χ2n) is 6.31. The largest absolute Gasteiger partial charge is 0.492 e. The molecular formula is C20H16Cl2N4O3S2. The molecule has 0 fully saturated rings. The first-order valence-corrected chi connectivity index (χ1v) is 11.8. The summed E-state index contributed by atoms with van der Waals surface area (Å²) in [5, 5.41) is 12.7. The van der Waals surface area contributed by atoms with Crippen molar-refractivity contribution in [3.63, 3.8) is 0 Å². The topological polar surface area (TPSA) is 90.1 Å². The van der Waals surface area contributed by atoms with Crippen molar-refractivity contribution in [1.82, 2.24) is 15.2 Å². The van der Waals surface area contributed by atoms with Gasteiger partial charge in [0, 0.05) is 11.4 Å². The molecule has 0 aliphatic carbocycles. The molecule has 0 unspecified atom stereocenters. The summed E-state index contributed by atoms with van der Waals surface area (Å²) >= 11 is 14.5. The average Bonchev–Trinajstić information content (AvgIpc) is 3.37. The van der Waals surface area contributed by atoms with E-state index in [2.05, 4.69) is 20.5 Å². The molecule has 4 rings (SSSR count). The van der Waals surface area contributed by atoms with E-state index in [0.29, 0.717) is 51.5 Å². The normalized spacial score (nSPS) is 11.0. The van der Waals surface area contributed by atoms with Crippen molar-refractivity contribution < 1.29 is 13.9 Å². The number of anilines is 1. The number of carbonyl (C=O) groups is 1. The fourth-order valence-electron chi connectivity index (χ4n) is 2.60. The number of thiazole rings is 1. The molecule has 0 bridgehead atoms. The Labute approximate surface area is 196 Å². The van der Waals surface area contributed by atoms with Crippen LogP contribution in [0.5, 0.6) is 5.75 Å². The van der Waals surface area contributed by atoms with Gasteiger partial charge in [-0.2, -0.15) is 0 Å². The number of benzene rings is 2. The summed E-state index contributed by atoms with van der Waals surface area (Å²) in [6.45, 7) is 0.441. The number of para-hydroxylation sites is 1. The number of rotatable bonds is 9. The Morgan fingerprint density at radius 1 is 1.19 bits per heavy atom. The van der Waals surface area contributed by atoms with Gasteiger partial charge in [0.1, 0.15) is 5.75 Å². The minimum atomic E-state index is -0.183. The van der Waals surface area contributed by atoms with E-state index in [4.69, 9.17) is 32.4 Å². The first-order chi connectivity index (χ1) is 15.1. The summed E-state index contributed by atoms with van der Waals surface area (Å²) in [5.74, 6) is 1.03. The standard InChI is InChI=1S/C20H16Cl2N4O3S2/c21-12-7-8-15(13(22)10-12)28-9-3-6-18-25-26-20(29-18)30-11-17(27)24-19-23-14-4-1-2-5-16(14)31-19/h1-2,4-5,7-8,10H,3,6,9,11H2,(H,23,24,27). The molecule has 0 radical (unpaired) electrons. The first kappa shape index (κ1) is 21.9. The van der Waals surface area contributed by atoms with Gasteiger partial charge in [0.25, 0.3) is 5.22 Å². The van der Waals surface area contributed by atoms with Gasteiger partial charge in [-0.25, -0.2) is 4.98 Å². The number of nitrogens with one attached hydrogen (secondary N) is 1. The highest BCUT2D eigenvalue weighted by Gasteiger charge is 2.12. The highest BCUT2D eigenvalue weighted by molar-refractivity contribution is 7.99. The third kappa shape index (κ3) is 6.10. The van der Waals surface area contributed by atoms with Gasteiger partial charge in [0.15, 0.2) is 5.13 Å². The molecule has 2 heterocycles. The van der Waals surface area contributed by atoms with Crippen molar-refractivity contribution in [3.05, 3.63) is 58.4 Å². The predicted molar refractivity (Wildman–Crippen MR) is 124 cm³/mol. The number of carbonyl (C=O) groups excluding carboxylic acids is 1. The van der Waals surface area contributed by atoms with Crippen molar-refractivity contribution in [2.24, 2.45) is 0 Å². The number of fused-ring (bicyclic) bond motifs is 1. The summed E-state index contributed by atoms with van der Waals surface area (Å²) in [6.07, 6.45) is 1.22. The van der Waals surface area contributed by atoms with Gasteiger partial charge in [-0.3, -0.25) is 4.79 Å². The van der Waals surface area contributed by atoms with Crippen LogP contribution in [0.2, 0.25) is 10.0 Å². The van der Waals surface area contributed by atoms with Crippen molar-refractivity contribution >= 4 is 67.6 Å².